The number of piperidine rings is 1. The summed E-state index contributed by atoms with van der Waals surface area (Å²) >= 11 is 0. The number of nitrogens with zero attached hydrogens (tertiary/aromatic N) is 2. The van der Waals surface area contributed by atoms with Crippen molar-refractivity contribution in [1.82, 2.24) is 10.2 Å². The van der Waals surface area contributed by atoms with Gasteiger partial charge in [0.15, 0.2) is 5.96 Å². The van der Waals surface area contributed by atoms with Crippen LogP contribution in [0.3, 0.4) is 0 Å². The Morgan fingerprint density at radius 1 is 1.32 bits per heavy atom. The maximum Gasteiger partial charge on any atom is 0.188 e. The van der Waals surface area contributed by atoms with Gasteiger partial charge in [-0.1, -0.05) is 38.1 Å². The molecule has 0 aliphatic carbocycles. The highest BCUT2D eigenvalue weighted by Crippen LogP contribution is 2.18. The van der Waals surface area contributed by atoms with Gasteiger partial charge in [-0.05, 0) is 42.9 Å². The minimum absolute atomic E-state index is 0.535. The highest BCUT2D eigenvalue weighted by molar-refractivity contribution is 5.77. The van der Waals surface area contributed by atoms with E-state index in [-0.39, 0.29) is 0 Å². The Hall–Kier alpha value is -1.55. The van der Waals surface area contributed by atoms with E-state index in [1.807, 2.05) is 0 Å². The van der Waals surface area contributed by atoms with Gasteiger partial charge in [-0.25, -0.2) is 4.99 Å². The lowest BCUT2D eigenvalue weighted by Crippen LogP contribution is -2.33. The zero-order valence-corrected chi connectivity index (χ0v) is 14.0. The third kappa shape index (κ3) is 5.68. The molecule has 122 valence electrons. The molecule has 1 aromatic rings. The first-order valence-electron chi connectivity index (χ1n) is 8.51. The number of nitrogens with two attached hydrogens (primary N) is 1. The van der Waals surface area contributed by atoms with Gasteiger partial charge in [0.1, 0.15) is 0 Å². The Morgan fingerprint density at radius 2 is 2.05 bits per heavy atom. The number of guanidine groups is 1. The molecule has 3 N–H and O–H groups in total. The number of likely N-dealkylation sites (tertiary alicyclic amines) is 1. The number of hydrogen-bond donors (Lipinski definition) is 2. The topological polar surface area (TPSA) is 53.6 Å². The summed E-state index contributed by atoms with van der Waals surface area (Å²) in [7, 11) is 0. The molecule has 1 unspecified atom stereocenters. The normalized spacial score (nSPS) is 20.1. The summed E-state index contributed by atoms with van der Waals surface area (Å²) in [6.45, 7) is 9.51. The molecule has 0 radical (unpaired) electrons. The molecule has 1 aromatic carbocycles. The van der Waals surface area contributed by atoms with Crippen molar-refractivity contribution in [3.63, 3.8) is 0 Å². The Bertz CT molecular complexity index is 466. The van der Waals surface area contributed by atoms with Crippen LogP contribution in [-0.2, 0) is 13.1 Å². The first-order valence-corrected chi connectivity index (χ1v) is 8.51. The smallest absolute Gasteiger partial charge is 0.188 e. The maximum atomic E-state index is 5.81. The first kappa shape index (κ1) is 16.8. The van der Waals surface area contributed by atoms with Gasteiger partial charge in [0, 0.05) is 19.6 Å². The van der Waals surface area contributed by atoms with Crippen molar-refractivity contribution in [2.75, 3.05) is 19.6 Å². The lowest BCUT2D eigenvalue weighted by molar-refractivity contribution is 0.176. The van der Waals surface area contributed by atoms with E-state index in [1.54, 1.807) is 0 Å². The minimum atomic E-state index is 0.535. The third-order valence-electron chi connectivity index (χ3n) is 4.16. The van der Waals surface area contributed by atoms with Crippen LogP contribution in [0, 0.1) is 5.92 Å². The Morgan fingerprint density at radius 3 is 2.73 bits per heavy atom. The number of rotatable bonds is 6. The number of hydrogen-bond acceptors (Lipinski definition) is 2. The van der Waals surface area contributed by atoms with E-state index in [0.717, 1.165) is 25.4 Å². The second-order valence-electron chi connectivity index (χ2n) is 6.43. The highest BCUT2D eigenvalue weighted by atomic mass is 15.1. The number of aliphatic imine (C=N–C) groups is 1. The lowest BCUT2D eigenvalue weighted by Gasteiger charge is -2.30. The molecule has 0 bridgehead atoms. The lowest BCUT2D eigenvalue weighted by atomic mass is 9.99. The maximum absolute atomic E-state index is 5.81. The van der Waals surface area contributed by atoms with Crippen LogP contribution in [0.25, 0.3) is 0 Å². The Labute approximate surface area is 134 Å². The second-order valence-corrected chi connectivity index (χ2v) is 6.43. The molecule has 0 amide bonds. The van der Waals surface area contributed by atoms with E-state index in [9.17, 15) is 0 Å². The van der Waals surface area contributed by atoms with E-state index in [1.165, 1.54) is 37.1 Å². The quantitative estimate of drug-likeness (QED) is 0.627. The van der Waals surface area contributed by atoms with E-state index in [2.05, 4.69) is 53.3 Å². The van der Waals surface area contributed by atoms with Gasteiger partial charge in [0.05, 0.1) is 6.54 Å². The molecule has 1 aliphatic rings. The summed E-state index contributed by atoms with van der Waals surface area (Å²) in [5.41, 5.74) is 8.40. The molecule has 22 heavy (non-hydrogen) atoms. The van der Waals surface area contributed by atoms with Gasteiger partial charge in [-0.15, -0.1) is 0 Å². The highest BCUT2D eigenvalue weighted by Gasteiger charge is 2.15. The van der Waals surface area contributed by atoms with Crippen molar-refractivity contribution in [2.45, 2.75) is 46.2 Å². The Kier molecular flexibility index (Phi) is 6.72. The average molecular weight is 302 g/mol. The zero-order chi connectivity index (χ0) is 15.8. The monoisotopic (exact) mass is 302 g/mol. The van der Waals surface area contributed by atoms with Crippen molar-refractivity contribution in [2.24, 2.45) is 16.6 Å². The molecule has 4 heteroatoms. The molecule has 2 rings (SSSR count). The average Bonchev–Trinajstić information content (AvgIpc) is 2.52. The molecule has 0 saturated carbocycles. The fraction of sp³-hybridized carbons (Fsp3) is 0.611. The summed E-state index contributed by atoms with van der Waals surface area (Å²) in [6.07, 6.45) is 3.76. The predicted octanol–water partition coefficient (Wildman–Crippen LogP) is 2.73. The first-order chi connectivity index (χ1) is 10.7. The van der Waals surface area contributed by atoms with Crippen LogP contribution in [0.15, 0.2) is 29.3 Å². The van der Waals surface area contributed by atoms with Gasteiger partial charge in [0.2, 0.25) is 0 Å². The molecule has 1 heterocycles. The van der Waals surface area contributed by atoms with E-state index < -0.39 is 0 Å². The van der Waals surface area contributed by atoms with E-state index in [0.29, 0.717) is 12.5 Å². The fourth-order valence-electron chi connectivity index (χ4n) is 2.92. The standard InChI is InChI=1S/C18H30N4/c1-3-10-20-18(19)21-12-16-6-8-17(9-7-16)14-22-11-4-5-15(2)13-22/h6-9,15H,3-5,10-14H2,1-2H3,(H3,19,20,21). The molecule has 0 spiro atoms. The second kappa shape index (κ2) is 8.79. The van der Waals surface area contributed by atoms with Crippen LogP contribution in [-0.4, -0.2) is 30.5 Å². The summed E-state index contributed by atoms with van der Waals surface area (Å²) in [5.74, 6) is 1.37. The molecule has 1 fully saturated rings. The van der Waals surface area contributed by atoms with Gasteiger partial charge in [-0.3, -0.25) is 4.90 Å². The summed E-state index contributed by atoms with van der Waals surface area (Å²) in [4.78, 5) is 6.92. The van der Waals surface area contributed by atoms with Crippen LogP contribution < -0.4 is 11.1 Å². The Balaban J connectivity index is 1.82. The SMILES string of the molecule is CCCNC(N)=NCc1ccc(CN2CCCC(C)C2)cc1. The van der Waals surface area contributed by atoms with E-state index >= 15 is 0 Å². The minimum Gasteiger partial charge on any atom is -0.370 e. The van der Waals surface area contributed by atoms with Gasteiger partial charge in [0.25, 0.3) is 0 Å². The van der Waals surface area contributed by atoms with Gasteiger partial charge >= 0.3 is 0 Å². The molecular formula is C18H30N4. The van der Waals surface area contributed by atoms with Crippen molar-refractivity contribution in [3.05, 3.63) is 35.4 Å². The van der Waals surface area contributed by atoms with Crippen LogP contribution >= 0.6 is 0 Å². The largest absolute Gasteiger partial charge is 0.370 e. The van der Waals surface area contributed by atoms with Crippen molar-refractivity contribution < 1.29 is 0 Å². The molecule has 1 aliphatic heterocycles. The van der Waals surface area contributed by atoms with Crippen LogP contribution in [0.2, 0.25) is 0 Å². The third-order valence-corrected chi connectivity index (χ3v) is 4.16. The van der Waals surface area contributed by atoms with Gasteiger partial charge in [-0.2, -0.15) is 0 Å². The summed E-state index contributed by atoms with van der Waals surface area (Å²) in [5, 5.41) is 3.09. The molecule has 0 aromatic heterocycles. The van der Waals surface area contributed by atoms with E-state index in [4.69, 9.17) is 5.73 Å². The number of benzene rings is 1. The van der Waals surface area contributed by atoms with Crippen LogP contribution in [0.5, 0.6) is 0 Å². The molecule has 1 atom stereocenters. The van der Waals surface area contributed by atoms with Crippen LogP contribution in [0.1, 0.15) is 44.2 Å². The molecular weight excluding hydrogens is 272 g/mol. The molecule has 1 saturated heterocycles. The van der Waals surface area contributed by atoms with Crippen molar-refractivity contribution in [3.8, 4) is 0 Å². The number of nitrogens with one attached hydrogen (secondary N) is 1. The zero-order valence-electron chi connectivity index (χ0n) is 14.0. The van der Waals surface area contributed by atoms with Crippen molar-refractivity contribution in [1.29, 1.82) is 0 Å². The molecule has 4 nitrogen and oxygen atoms in total. The summed E-state index contributed by atoms with van der Waals surface area (Å²) in [6, 6.07) is 8.78. The van der Waals surface area contributed by atoms with Crippen LogP contribution in [0.4, 0.5) is 0 Å². The fourth-order valence-corrected chi connectivity index (χ4v) is 2.92. The van der Waals surface area contributed by atoms with Gasteiger partial charge < -0.3 is 11.1 Å². The summed E-state index contributed by atoms with van der Waals surface area (Å²) < 4.78 is 0. The predicted molar refractivity (Wildman–Crippen MR) is 93.7 cm³/mol. The van der Waals surface area contributed by atoms with Crippen molar-refractivity contribution >= 4 is 5.96 Å².